The van der Waals surface area contributed by atoms with E-state index in [-0.39, 0.29) is 5.56 Å². The molecule has 0 fully saturated rings. The predicted molar refractivity (Wildman–Crippen MR) is 41.3 cm³/mol. The molecule has 2 heterocycles. The van der Waals surface area contributed by atoms with Crippen molar-refractivity contribution < 1.29 is 0 Å². The van der Waals surface area contributed by atoms with Crippen molar-refractivity contribution in [2.75, 3.05) is 0 Å². The summed E-state index contributed by atoms with van der Waals surface area (Å²) in [4.78, 5) is 17.6. The van der Waals surface area contributed by atoms with Gasteiger partial charge < -0.3 is 9.55 Å². The molecule has 2 aromatic heterocycles. The molecule has 0 spiro atoms. The third-order valence-corrected chi connectivity index (χ3v) is 1.58. The second-order valence-corrected chi connectivity index (χ2v) is 2.45. The van der Waals surface area contributed by atoms with Crippen LogP contribution in [0.1, 0.15) is 0 Å². The van der Waals surface area contributed by atoms with E-state index in [4.69, 9.17) is 0 Å². The van der Waals surface area contributed by atoms with Crippen LogP contribution in [0.5, 0.6) is 0 Å². The molecular formula is C7H7N3O. The van der Waals surface area contributed by atoms with Gasteiger partial charge in [0.25, 0.3) is 5.56 Å². The highest BCUT2D eigenvalue weighted by atomic mass is 16.1. The summed E-state index contributed by atoms with van der Waals surface area (Å²) in [6.45, 7) is 0. The molecule has 0 atom stereocenters. The Kier molecular flexibility index (Phi) is 1.09. The van der Waals surface area contributed by atoms with E-state index >= 15 is 0 Å². The van der Waals surface area contributed by atoms with Gasteiger partial charge >= 0.3 is 0 Å². The summed E-state index contributed by atoms with van der Waals surface area (Å²) in [6.07, 6.45) is 4.97. The number of rotatable bonds is 0. The van der Waals surface area contributed by atoms with Crippen molar-refractivity contribution in [2.24, 2.45) is 7.05 Å². The lowest BCUT2D eigenvalue weighted by Crippen LogP contribution is -2.03. The molecule has 0 unspecified atom stereocenters. The number of hydrogen-bond acceptors (Lipinski definition) is 2. The van der Waals surface area contributed by atoms with Crippen LogP contribution in [0, 0.1) is 0 Å². The number of aromatic amines is 1. The van der Waals surface area contributed by atoms with Crippen LogP contribution in [0.3, 0.4) is 0 Å². The van der Waals surface area contributed by atoms with Gasteiger partial charge in [-0.15, -0.1) is 0 Å². The summed E-state index contributed by atoms with van der Waals surface area (Å²) in [5.74, 6) is 0. The van der Waals surface area contributed by atoms with Gasteiger partial charge in [-0.05, 0) is 0 Å². The maximum Gasteiger partial charge on any atom is 0.260 e. The molecule has 0 bridgehead atoms. The van der Waals surface area contributed by atoms with Gasteiger partial charge in [0, 0.05) is 19.4 Å². The Morgan fingerprint density at radius 3 is 3.09 bits per heavy atom. The van der Waals surface area contributed by atoms with Gasteiger partial charge in [-0.2, -0.15) is 0 Å². The van der Waals surface area contributed by atoms with Crippen LogP contribution in [0.25, 0.3) is 10.9 Å². The van der Waals surface area contributed by atoms with Gasteiger partial charge in [0.05, 0.1) is 17.2 Å². The average Bonchev–Trinajstić information content (AvgIpc) is 2.31. The van der Waals surface area contributed by atoms with Gasteiger partial charge in [-0.1, -0.05) is 0 Å². The molecule has 0 aromatic carbocycles. The average molecular weight is 149 g/mol. The molecule has 11 heavy (non-hydrogen) atoms. The molecule has 2 rings (SSSR count). The first-order valence-electron chi connectivity index (χ1n) is 3.27. The van der Waals surface area contributed by atoms with E-state index in [1.807, 2.05) is 17.8 Å². The second kappa shape index (κ2) is 1.95. The van der Waals surface area contributed by atoms with Crippen molar-refractivity contribution in [3.63, 3.8) is 0 Å². The topological polar surface area (TPSA) is 50.7 Å². The Hall–Kier alpha value is -1.58. The maximum absolute atomic E-state index is 11.1. The minimum absolute atomic E-state index is 0.0874. The van der Waals surface area contributed by atoms with Crippen LogP contribution in [0.2, 0.25) is 0 Å². The fraction of sp³-hybridized carbons (Fsp3) is 0.143. The Bertz CT molecular complexity index is 440. The first-order valence-corrected chi connectivity index (χ1v) is 3.27. The van der Waals surface area contributed by atoms with Gasteiger partial charge in [0.1, 0.15) is 0 Å². The minimum Gasteiger partial charge on any atom is -0.354 e. The SMILES string of the molecule is Cn1cc2nc[nH]c(=O)c2c1. The van der Waals surface area contributed by atoms with E-state index in [0.29, 0.717) is 5.39 Å². The van der Waals surface area contributed by atoms with E-state index in [1.54, 1.807) is 6.20 Å². The molecule has 0 radical (unpaired) electrons. The van der Waals surface area contributed by atoms with Crippen molar-refractivity contribution in [1.29, 1.82) is 0 Å². The van der Waals surface area contributed by atoms with Crippen LogP contribution in [-0.4, -0.2) is 14.5 Å². The number of H-pyrrole nitrogens is 1. The molecule has 0 amide bonds. The van der Waals surface area contributed by atoms with Crippen molar-refractivity contribution >= 4 is 10.9 Å². The van der Waals surface area contributed by atoms with Gasteiger partial charge in [-0.3, -0.25) is 4.79 Å². The molecular weight excluding hydrogens is 142 g/mol. The fourth-order valence-electron chi connectivity index (χ4n) is 1.09. The van der Waals surface area contributed by atoms with Crippen molar-refractivity contribution in [3.8, 4) is 0 Å². The lowest BCUT2D eigenvalue weighted by Gasteiger charge is -1.82. The van der Waals surface area contributed by atoms with E-state index in [0.717, 1.165) is 5.52 Å². The summed E-state index contributed by atoms with van der Waals surface area (Å²) >= 11 is 0. The zero-order valence-corrected chi connectivity index (χ0v) is 6.03. The van der Waals surface area contributed by atoms with Crippen molar-refractivity contribution in [2.45, 2.75) is 0 Å². The lowest BCUT2D eigenvalue weighted by atomic mass is 10.4. The molecule has 0 saturated carbocycles. The van der Waals surface area contributed by atoms with Crippen LogP contribution in [0.15, 0.2) is 23.5 Å². The molecule has 1 N–H and O–H groups in total. The normalized spacial score (nSPS) is 10.6. The first-order chi connectivity index (χ1) is 5.27. The third kappa shape index (κ3) is 0.832. The summed E-state index contributed by atoms with van der Waals surface area (Å²) in [5.41, 5.74) is 0.645. The Balaban J connectivity index is 3.02. The van der Waals surface area contributed by atoms with E-state index in [9.17, 15) is 4.79 Å². The van der Waals surface area contributed by atoms with Gasteiger partial charge in [0.15, 0.2) is 0 Å². The molecule has 56 valence electrons. The highest BCUT2D eigenvalue weighted by Gasteiger charge is 1.99. The Labute approximate surface area is 62.5 Å². The van der Waals surface area contributed by atoms with E-state index in [2.05, 4.69) is 9.97 Å². The fourth-order valence-corrected chi connectivity index (χ4v) is 1.09. The summed E-state index contributed by atoms with van der Waals surface area (Å²) in [5, 5.41) is 0.634. The lowest BCUT2D eigenvalue weighted by molar-refractivity contribution is 0.932. The third-order valence-electron chi connectivity index (χ3n) is 1.58. The highest BCUT2D eigenvalue weighted by molar-refractivity contribution is 5.76. The largest absolute Gasteiger partial charge is 0.354 e. The number of nitrogens with one attached hydrogen (secondary N) is 1. The zero-order chi connectivity index (χ0) is 7.84. The maximum atomic E-state index is 11.1. The smallest absolute Gasteiger partial charge is 0.260 e. The molecule has 0 aliphatic rings. The summed E-state index contributed by atoms with van der Waals surface area (Å²) in [6, 6.07) is 0. The second-order valence-electron chi connectivity index (χ2n) is 2.45. The Morgan fingerprint density at radius 2 is 2.36 bits per heavy atom. The van der Waals surface area contributed by atoms with Crippen LogP contribution in [0.4, 0.5) is 0 Å². The zero-order valence-electron chi connectivity index (χ0n) is 6.03. The van der Waals surface area contributed by atoms with E-state index < -0.39 is 0 Å². The number of nitrogens with zero attached hydrogens (tertiary/aromatic N) is 2. The molecule has 4 heteroatoms. The standard InChI is InChI=1S/C7H7N3O/c1-10-2-5-6(3-10)8-4-9-7(5)11/h2-4H,1H3,(H,8,9,11). The van der Waals surface area contributed by atoms with Crippen molar-refractivity contribution in [1.82, 2.24) is 14.5 Å². The molecule has 2 aromatic rings. The summed E-state index contributed by atoms with van der Waals surface area (Å²) < 4.78 is 1.81. The molecule has 4 nitrogen and oxygen atoms in total. The Morgan fingerprint density at radius 1 is 1.55 bits per heavy atom. The number of aryl methyl sites for hydroxylation is 1. The number of fused-ring (bicyclic) bond motifs is 1. The van der Waals surface area contributed by atoms with Crippen LogP contribution < -0.4 is 5.56 Å². The first kappa shape index (κ1) is 6.15. The summed E-state index contributed by atoms with van der Waals surface area (Å²) in [7, 11) is 1.86. The molecule has 0 saturated heterocycles. The van der Waals surface area contributed by atoms with Gasteiger partial charge in [-0.25, -0.2) is 4.98 Å². The van der Waals surface area contributed by atoms with Crippen LogP contribution in [-0.2, 0) is 7.05 Å². The molecule has 0 aliphatic carbocycles. The minimum atomic E-state index is -0.0874. The van der Waals surface area contributed by atoms with Crippen LogP contribution >= 0.6 is 0 Å². The monoisotopic (exact) mass is 149 g/mol. The predicted octanol–water partition coefficient (Wildman–Crippen LogP) is 0.262. The van der Waals surface area contributed by atoms with Gasteiger partial charge in [0.2, 0.25) is 0 Å². The number of hydrogen-bond donors (Lipinski definition) is 1. The number of aromatic nitrogens is 3. The highest BCUT2D eigenvalue weighted by Crippen LogP contribution is 2.03. The quantitative estimate of drug-likeness (QED) is 0.584. The van der Waals surface area contributed by atoms with E-state index in [1.165, 1.54) is 6.33 Å². The molecule has 0 aliphatic heterocycles. The van der Waals surface area contributed by atoms with Crippen molar-refractivity contribution in [3.05, 3.63) is 29.1 Å².